The molecule has 4 aromatic rings. The van der Waals surface area contributed by atoms with Gasteiger partial charge < -0.3 is 9.30 Å². The Morgan fingerprint density at radius 1 is 0.846 bits per heavy atom. The fourth-order valence-electron chi connectivity index (χ4n) is 3.59. The first kappa shape index (κ1) is 16.4. The van der Waals surface area contributed by atoms with Crippen LogP contribution in [0.1, 0.15) is 29.8 Å². The average molecular weight is 343 g/mol. The van der Waals surface area contributed by atoms with Gasteiger partial charge in [-0.15, -0.1) is 0 Å². The summed E-state index contributed by atoms with van der Waals surface area (Å²) in [6.07, 6.45) is 1.97. The second-order valence-corrected chi connectivity index (χ2v) is 6.26. The van der Waals surface area contributed by atoms with Gasteiger partial charge in [0.1, 0.15) is 5.75 Å². The Morgan fingerprint density at radius 2 is 1.54 bits per heavy atom. The molecule has 4 rings (SSSR count). The largest absolute Gasteiger partial charge is 0.493 e. The van der Waals surface area contributed by atoms with E-state index < -0.39 is 0 Å². The lowest BCUT2D eigenvalue weighted by molar-refractivity contribution is 0.104. The number of hydrogen-bond acceptors (Lipinski definition) is 2. The Bertz CT molecular complexity index is 1110. The third-order valence-corrected chi connectivity index (χ3v) is 4.80. The normalized spacial score (nSPS) is 11.2. The number of fused-ring (bicyclic) bond motifs is 2. The van der Waals surface area contributed by atoms with E-state index in [4.69, 9.17) is 4.74 Å². The van der Waals surface area contributed by atoms with Crippen molar-refractivity contribution < 1.29 is 9.53 Å². The molecule has 0 aliphatic carbocycles. The third kappa shape index (κ3) is 2.57. The second-order valence-electron chi connectivity index (χ2n) is 6.26. The van der Waals surface area contributed by atoms with Gasteiger partial charge in [0.15, 0.2) is 5.78 Å². The van der Waals surface area contributed by atoms with E-state index in [-0.39, 0.29) is 5.78 Å². The number of aryl methyl sites for hydroxylation is 1. The number of ether oxygens (including phenoxy) is 1. The molecule has 26 heavy (non-hydrogen) atoms. The number of aromatic nitrogens is 1. The van der Waals surface area contributed by atoms with Crippen molar-refractivity contribution in [3.63, 3.8) is 0 Å². The molecule has 0 aliphatic rings. The number of carbonyl (C=O) groups excluding carboxylic acids is 1. The standard InChI is InChI=1S/C23H21NO2/c1-3-24-15-20(17-10-7-8-12-21(17)24)23(25)19-13-14-22(26-4-2)18-11-6-5-9-16(18)19/h5-15H,3-4H2,1-2H3. The zero-order valence-corrected chi connectivity index (χ0v) is 15.0. The van der Waals surface area contributed by atoms with Gasteiger partial charge >= 0.3 is 0 Å². The lowest BCUT2D eigenvalue weighted by atomic mass is 9.96. The Kier molecular flexibility index (Phi) is 4.21. The molecule has 0 fully saturated rings. The number of para-hydroxylation sites is 1. The van der Waals surface area contributed by atoms with Gasteiger partial charge in [-0.1, -0.05) is 42.5 Å². The van der Waals surface area contributed by atoms with Gasteiger partial charge in [0.2, 0.25) is 0 Å². The van der Waals surface area contributed by atoms with Crippen molar-refractivity contribution >= 4 is 27.5 Å². The third-order valence-electron chi connectivity index (χ3n) is 4.80. The Balaban J connectivity index is 1.92. The maximum atomic E-state index is 13.4. The first-order chi connectivity index (χ1) is 12.7. The van der Waals surface area contributed by atoms with Crippen LogP contribution in [-0.2, 0) is 6.54 Å². The lowest BCUT2D eigenvalue weighted by Gasteiger charge is -2.11. The van der Waals surface area contributed by atoms with E-state index in [2.05, 4.69) is 17.6 Å². The molecule has 0 radical (unpaired) electrons. The van der Waals surface area contributed by atoms with E-state index in [1.54, 1.807) is 0 Å². The second kappa shape index (κ2) is 6.68. The summed E-state index contributed by atoms with van der Waals surface area (Å²) in [5, 5.41) is 2.90. The van der Waals surface area contributed by atoms with E-state index in [1.165, 1.54) is 0 Å². The quantitative estimate of drug-likeness (QED) is 0.452. The maximum absolute atomic E-state index is 13.4. The Labute approximate surface area is 152 Å². The molecule has 3 aromatic carbocycles. The van der Waals surface area contributed by atoms with Gasteiger partial charge in [-0.25, -0.2) is 0 Å². The highest BCUT2D eigenvalue weighted by Crippen LogP contribution is 2.31. The van der Waals surface area contributed by atoms with Crippen molar-refractivity contribution in [3.8, 4) is 5.75 Å². The van der Waals surface area contributed by atoms with Crippen LogP contribution < -0.4 is 4.74 Å². The topological polar surface area (TPSA) is 31.2 Å². The van der Waals surface area contributed by atoms with Gasteiger partial charge in [-0.3, -0.25) is 4.79 Å². The van der Waals surface area contributed by atoms with Crippen LogP contribution in [0.15, 0.2) is 66.9 Å². The predicted octanol–water partition coefficient (Wildman–Crippen LogP) is 5.44. The molecule has 130 valence electrons. The molecular weight excluding hydrogens is 322 g/mol. The Morgan fingerprint density at radius 3 is 2.27 bits per heavy atom. The first-order valence-electron chi connectivity index (χ1n) is 9.01. The number of ketones is 1. The zero-order valence-electron chi connectivity index (χ0n) is 15.0. The number of nitrogens with zero attached hydrogens (tertiary/aromatic N) is 1. The summed E-state index contributed by atoms with van der Waals surface area (Å²) < 4.78 is 7.86. The summed E-state index contributed by atoms with van der Waals surface area (Å²) in [6, 6.07) is 19.8. The summed E-state index contributed by atoms with van der Waals surface area (Å²) >= 11 is 0. The molecular formula is C23H21NO2. The van der Waals surface area contributed by atoms with Crippen LogP contribution in [0.25, 0.3) is 21.7 Å². The van der Waals surface area contributed by atoms with Gasteiger partial charge in [0, 0.05) is 40.2 Å². The minimum atomic E-state index is 0.0487. The van der Waals surface area contributed by atoms with Crippen molar-refractivity contribution in [1.82, 2.24) is 4.57 Å². The molecule has 0 saturated carbocycles. The van der Waals surface area contributed by atoms with Crippen molar-refractivity contribution in [3.05, 3.63) is 78.0 Å². The van der Waals surface area contributed by atoms with Crippen LogP contribution in [0.4, 0.5) is 0 Å². The summed E-state index contributed by atoms with van der Waals surface area (Å²) in [5.74, 6) is 0.864. The van der Waals surface area contributed by atoms with Crippen LogP contribution >= 0.6 is 0 Å². The van der Waals surface area contributed by atoms with Crippen LogP contribution in [-0.4, -0.2) is 17.0 Å². The van der Waals surface area contributed by atoms with Gasteiger partial charge in [-0.2, -0.15) is 0 Å². The monoisotopic (exact) mass is 343 g/mol. The van der Waals surface area contributed by atoms with Crippen LogP contribution in [0.2, 0.25) is 0 Å². The summed E-state index contributed by atoms with van der Waals surface area (Å²) in [5.41, 5.74) is 2.55. The van der Waals surface area contributed by atoms with E-state index >= 15 is 0 Å². The van der Waals surface area contributed by atoms with Crippen LogP contribution in [0.3, 0.4) is 0 Å². The van der Waals surface area contributed by atoms with Gasteiger partial charge in [0.25, 0.3) is 0 Å². The number of carbonyl (C=O) groups is 1. The Hall–Kier alpha value is -3.07. The van der Waals surface area contributed by atoms with Crippen molar-refractivity contribution in [1.29, 1.82) is 0 Å². The summed E-state index contributed by atoms with van der Waals surface area (Å²) in [7, 11) is 0. The van der Waals surface area contributed by atoms with E-state index in [9.17, 15) is 4.79 Å². The molecule has 0 aliphatic heterocycles. The molecule has 0 atom stereocenters. The molecule has 3 nitrogen and oxygen atoms in total. The molecule has 0 unspecified atom stereocenters. The highest BCUT2D eigenvalue weighted by molar-refractivity contribution is 6.21. The molecule has 3 heteroatoms. The van der Waals surface area contributed by atoms with E-state index in [0.29, 0.717) is 12.2 Å². The van der Waals surface area contributed by atoms with Crippen molar-refractivity contribution in [2.45, 2.75) is 20.4 Å². The fourth-order valence-corrected chi connectivity index (χ4v) is 3.59. The number of rotatable bonds is 5. The number of hydrogen-bond donors (Lipinski definition) is 0. The molecule has 1 aromatic heterocycles. The molecule has 0 spiro atoms. The first-order valence-corrected chi connectivity index (χ1v) is 9.01. The van der Waals surface area contributed by atoms with E-state index in [1.807, 2.05) is 67.7 Å². The minimum Gasteiger partial charge on any atom is -0.493 e. The highest BCUT2D eigenvalue weighted by atomic mass is 16.5. The maximum Gasteiger partial charge on any atom is 0.195 e. The van der Waals surface area contributed by atoms with Gasteiger partial charge in [0.05, 0.1) is 6.61 Å². The van der Waals surface area contributed by atoms with Crippen LogP contribution in [0.5, 0.6) is 5.75 Å². The molecule has 0 saturated heterocycles. The predicted molar refractivity (Wildman–Crippen MR) is 106 cm³/mol. The van der Waals surface area contributed by atoms with E-state index in [0.717, 1.165) is 39.5 Å². The fraction of sp³-hybridized carbons (Fsp3) is 0.174. The van der Waals surface area contributed by atoms with Crippen LogP contribution in [0, 0.1) is 0 Å². The van der Waals surface area contributed by atoms with Crippen molar-refractivity contribution in [2.75, 3.05) is 6.61 Å². The van der Waals surface area contributed by atoms with Gasteiger partial charge in [-0.05, 0) is 37.4 Å². The SMILES string of the molecule is CCOc1ccc(C(=O)c2cn(CC)c3ccccc23)c2ccccc12. The van der Waals surface area contributed by atoms with Crippen molar-refractivity contribution in [2.24, 2.45) is 0 Å². The lowest BCUT2D eigenvalue weighted by Crippen LogP contribution is -2.03. The minimum absolute atomic E-state index is 0.0487. The molecule has 0 N–H and O–H groups in total. The number of benzene rings is 3. The summed E-state index contributed by atoms with van der Waals surface area (Å²) in [6.45, 7) is 5.49. The molecule has 1 heterocycles. The molecule has 0 bridgehead atoms. The smallest absolute Gasteiger partial charge is 0.195 e. The average Bonchev–Trinajstić information content (AvgIpc) is 3.07. The molecule has 0 amide bonds. The summed E-state index contributed by atoms with van der Waals surface area (Å²) in [4.78, 5) is 13.4. The zero-order chi connectivity index (χ0) is 18.1. The highest BCUT2D eigenvalue weighted by Gasteiger charge is 2.19.